The highest BCUT2D eigenvalue weighted by molar-refractivity contribution is 6.33. The highest BCUT2D eigenvalue weighted by Gasteiger charge is 2.22. The summed E-state index contributed by atoms with van der Waals surface area (Å²) in [6.45, 7) is 0.448. The Morgan fingerprint density at radius 3 is 2.57 bits per heavy atom. The molecule has 5 rings (SSSR count). The number of hydrogen-bond acceptors (Lipinski definition) is 10. The van der Waals surface area contributed by atoms with Crippen molar-refractivity contribution < 1.29 is 18.9 Å². The first-order chi connectivity index (χ1) is 17.0. The SMILES string of the molecule is N/N=C(\c1ccc(-c2ccc(Cl)c(C(=O)O)c2)o1)c1nc2nonc2nc1NCc1ccccc1. The van der Waals surface area contributed by atoms with Crippen LogP contribution in [0.1, 0.15) is 27.4 Å². The Morgan fingerprint density at radius 1 is 1.06 bits per heavy atom. The third-order valence-corrected chi connectivity index (χ3v) is 5.42. The van der Waals surface area contributed by atoms with E-state index in [1.54, 1.807) is 18.2 Å². The molecule has 4 N–H and O–H groups in total. The van der Waals surface area contributed by atoms with Gasteiger partial charge < -0.3 is 20.7 Å². The number of carboxylic acids is 1. The first-order valence-corrected chi connectivity index (χ1v) is 10.6. The van der Waals surface area contributed by atoms with Crippen molar-refractivity contribution in [2.24, 2.45) is 10.9 Å². The van der Waals surface area contributed by atoms with E-state index in [-0.39, 0.29) is 39.0 Å². The Kier molecular flexibility index (Phi) is 5.81. The lowest BCUT2D eigenvalue weighted by Gasteiger charge is -2.10. The van der Waals surface area contributed by atoms with Crippen molar-refractivity contribution in [1.29, 1.82) is 0 Å². The minimum Gasteiger partial charge on any atom is -0.478 e. The molecule has 0 aliphatic heterocycles. The van der Waals surface area contributed by atoms with E-state index in [0.29, 0.717) is 23.7 Å². The first kappa shape index (κ1) is 22.0. The van der Waals surface area contributed by atoms with Gasteiger partial charge in [0.15, 0.2) is 17.3 Å². The summed E-state index contributed by atoms with van der Waals surface area (Å²) in [4.78, 5) is 20.4. The van der Waals surface area contributed by atoms with Gasteiger partial charge in [-0.05, 0) is 46.2 Å². The average molecular weight is 490 g/mol. The van der Waals surface area contributed by atoms with E-state index in [9.17, 15) is 9.90 Å². The molecule has 35 heavy (non-hydrogen) atoms. The van der Waals surface area contributed by atoms with Gasteiger partial charge in [0.2, 0.25) is 11.3 Å². The normalized spacial score (nSPS) is 11.6. The molecular formula is C23H16ClN7O4. The van der Waals surface area contributed by atoms with Gasteiger partial charge in [-0.3, -0.25) is 0 Å². The highest BCUT2D eigenvalue weighted by Crippen LogP contribution is 2.29. The number of fused-ring (bicyclic) bond motifs is 1. The fraction of sp³-hybridized carbons (Fsp3) is 0.0435. The Morgan fingerprint density at radius 2 is 1.83 bits per heavy atom. The molecule has 0 radical (unpaired) electrons. The number of hydrazone groups is 1. The maximum Gasteiger partial charge on any atom is 0.337 e. The van der Waals surface area contributed by atoms with E-state index in [1.807, 2.05) is 30.3 Å². The third kappa shape index (κ3) is 4.39. The molecule has 0 unspecified atom stereocenters. The standard InChI is InChI=1S/C23H16ClN7O4/c24-15-7-6-13(10-14(15)23(32)33)16-8-9-17(34-16)18(29-25)19-20(26-11-12-4-2-1-3-5-12)28-22-21(27-19)30-35-31-22/h1-10H,11,25H2,(H,32,33)(H,26,28,31)/b29-18+. The number of aromatic nitrogens is 4. The second-order valence-corrected chi connectivity index (χ2v) is 7.72. The zero-order valence-corrected chi connectivity index (χ0v) is 18.6. The summed E-state index contributed by atoms with van der Waals surface area (Å²) in [5.41, 5.74) is 2.33. The first-order valence-electron chi connectivity index (χ1n) is 10.2. The number of nitrogens with one attached hydrogen (secondary N) is 1. The minimum atomic E-state index is -1.15. The van der Waals surface area contributed by atoms with Crippen molar-refractivity contribution in [1.82, 2.24) is 20.3 Å². The average Bonchev–Trinajstić information content (AvgIpc) is 3.53. The number of carbonyl (C=O) groups is 1. The van der Waals surface area contributed by atoms with Gasteiger partial charge in [-0.1, -0.05) is 41.9 Å². The number of nitrogens with two attached hydrogens (primary N) is 1. The largest absolute Gasteiger partial charge is 0.478 e. The van der Waals surface area contributed by atoms with Crippen LogP contribution in [-0.2, 0) is 6.54 Å². The molecule has 0 spiro atoms. The van der Waals surface area contributed by atoms with E-state index in [0.717, 1.165) is 5.56 Å². The second kappa shape index (κ2) is 9.23. The molecule has 0 saturated carbocycles. The predicted molar refractivity (Wildman–Crippen MR) is 127 cm³/mol. The van der Waals surface area contributed by atoms with Gasteiger partial charge in [0, 0.05) is 12.1 Å². The number of anilines is 1. The van der Waals surface area contributed by atoms with Crippen LogP contribution in [0.25, 0.3) is 22.6 Å². The minimum absolute atomic E-state index is 0.0444. The van der Waals surface area contributed by atoms with E-state index < -0.39 is 5.97 Å². The van der Waals surface area contributed by atoms with Gasteiger partial charge >= 0.3 is 5.97 Å². The Labute approximate surface area is 202 Å². The van der Waals surface area contributed by atoms with Crippen LogP contribution in [0.2, 0.25) is 5.02 Å². The van der Waals surface area contributed by atoms with Crippen LogP contribution in [0.3, 0.4) is 0 Å². The van der Waals surface area contributed by atoms with Gasteiger partial charge in [0.05, 0.1) is 10.6 Å². The topological polar surface area (TPSA) is 166 Å². The molecule has 5 aromatic rings. The molecule has 0 atom stereocenters. The number of rotatable bonds is 7. The zero-order chi connectivity index (χ0) is 24.4. The number of benzene rings is 2. The van der Waals surface area contributed by atoms with Crippen molar-refractivity contribution in [2.75, 3.05) is 5.32 Å². The van der Waals surface area contributed by atoms with E-state index in [1.165, 1.54) is 12.1 Å². The molecule has 0 aliphatic rings. The molecule has 3 heterocycles. The summed E-state index contributed by atoms with van der Waals surface area (Å²) in [7, 11) is 0. The molecule has 12 heteroatoms. The molecular weight excluding hydrogens is 474 g/mol. The van der Waals surface area contributed by atoms with Gasteiger partial charge in [-0.2, -0.15) is 5.10 Å². The Bertz CT molecular complexity index is 1560. The fourth-order valence-electron chi connectivity index (χ4n) is 3.41. The molecule has 174 valence electrons. The summed E-state index contributed by atoms with van der Waals surface area (Å²) in [6.07, 6.45) is 0. The van der Waals surface area contributed by atoms with Gasteiger partial charge in [-0.25, -0.2) is 19.4 Å². The van der Waals surface area contributed by atoms with E-state index in [4.69, 9.17) is 26.5 Å². The molecule has 3 aromatic heterocycles. The smallest absolute Gasteiger partial charge is 0.337 e. The summed E-state index contributed by atoms with van der Waals surface area (Å²) < 4.78 is 10.7. The summed E-state index contributed by atoms with van der Waals surface area (Å²) in [6, 6.07) is 17.6. The monoisotopic (exact) mass is 489 g/mol. The van der Waals surface area contributed by atoms with Crippen LogP contribution < -0.4 is 11.2 Å². The lowest BCUT2D eigenvalue weighted by molar-refractivity contribution is 0.0697. The van der Waals surface area contributed by atoms with Crippen LogP contribution in [0.4, 0.5) is 5.82 Å². The zero-order valence-electron chi connectivity index (χ0n) is 17.8. The highest BCUT2D eigenvalue weighted by atomic mass is 35.5. The van der Waals surface area contributed by atoms with Crippen LogP contribution in [0, 0.1) is 0 Å². The Balaban J connectivity index is 1.52. The third-order valence-electron chi connectivity index (χ3n) is 5.09. The second-order valence-electron chi connectivity index (χ2n) is 7.31. The number of aromatic carboxylic acids is 1. The molecule has 0 amide bonds. The maximum absolute atomic E-state index is 11.4. The van der Waals surface area contributed by atoms with Crippen LogP contribution in [-0.4, -0.2) is 37.1 Å². The van der Waals surface area contributed by atoms with Gasteiger partial charge in [0.1, 0.15) is 11.5 Å². The summed E-state index contributed by atoms with van der Waals surface area (Å²) in [5, 5.41) is 24.1. The van der Waals surface area contributed by atoms with Crippen LogP contribution >= 0.6 is 11.6 Å². The van der Waals surface area contributed by atoms with Crippen molar-refractivity contribution in [3.63, 3.8) is 0 Å². The summed E-state index contributed by atoms with van der Waals surface area (Å²) in [5.74, 6) is 5.61. The lowest BCUT2D eigenvalue weighted by atomic mass is 10.1. The van der Waals surface area contributed by atoms with Gasteiger partial charge in [0.25, 0.3) is 0 Å². The summed E-state index contributed by atoms with van der Waals surface area (Å²) >= 11 is 5.98. The van der Waals surface area contributed by atoms with Crippen molar-refractivity contribution in [3.8, 4) is 11.3 Å². The molecule has 0 fully saturated rings. The number of halogens is 1. The maximum atomic E-state index is 11.4. The number of furan rings is 1. The molecule has 0 saturated heterocycles. The number of carboxylic acid groups (broad SMARTS) is 1. The van der Waals surface area contributed by atoms with Gasteiger partial charge in [-0.15, -0.1) is 0 Å². The van der Waals surface area contributed by atoms with E-state index >= 15 is 0 Å². The lowest BCUT2D eigenvalue weighted by Crippen LogP contribution is -2.14. The fourth-order valence-corrected chi connectivity index (χ4v) is 3.61. The van der Waals surface area contributed by atoms with Crippen LogP contribution in [0.15, 0.2) is 74.8 Å². The quantitative estimate of drug-likeness (QED) is 0.173. The molecule has 2 aromatic carbocycles. The van der Waals surface area contributed by atoms with Crippen LogP contribution in [0.5, 0.6) is 0 Å². The predicted octanol–water partition coefficient (Wildman–Crippen LogP) is 3.95. The number of nitrogens with zero attached hydrogens (tertiary/aromatic N) is 5. The van der Waals surface area contributed by atoms with Crippen molar-refractivity contribution >= 4 is 40.4 Å². The molecule has 0 bridgehead atoms. The van der Waals surface area contributed by atoms with E-state index in [2.05, 4.69) is 30.7 Å². The van der Waals surface area contributed by atoms with Crippen molar-refractivity contribution in [2.45, 2.75) is 6.54 Å². The number of hydrogen-bond donors (Lipinski definition) is 3. The van der Waals surface area contributed by atoms with Crippen molar-refractivity contribution in [3.05, 3.63) is 88.3 Å². The molecule has 0 aliphatic carbocycles. The Hall–Kier alpha value is -4.77. The molecule has 11 nitrogen and oxygen atoms in total.